The number of rotatable bonds is 2. The van der Waals surface area contributed by atoms with Gasteiger partial charge in [0.2, 0.25) is 0 Å². The molecule has 0 saturated carbocycles. The van der Waals surface area contributed by atoms with Gasteiger partial charge in [-0.15, -0.1) is 6.42 Å². The van der Waals surface area contributed by atoms with Crippen LogP contribution in [0.1, 0.15) is 19.5 Å². The molecule has 1 aromatic heterocycles. The van der Waals surface area contributed by atoms with Crippen LogP contribution in [0.5, 0.6) is 0 Å². The Morgan fingerprint density at radius 2 is 2.29 bits per heavy atom. The van der Waals surface area contributed by atoms with Gasteiger partial charge in [-0.05, 0) is 20.8 Å². The quantitative estimate of drug-likeness (QED) is 0.406. The Bertz CT molecular complexity index is 412. The molecule has 0 aliphatic rings. The first-order valence-electron chi connectivity index (χ1n) is 4.07. The second-order valence-electron chi connectivity index (χ2n) is 3.50. The van der Waals surface area contributed by atoms with Gasteiger partial charge in [-0.3, -0.25) is 10.1 Å². The highest BCUT2D eigenvalue weighted by molar-refractivity contribution is 5.32. The molecule has 0 atom stereocenters. The fourth-order valence-electron chi connectivity index (χ4n) is 0.983. The van der Waals surface area contributed by atoms with Crippen LogP contribution in [-0.2, 0) is 5.54 Å². The molecule has 5 heteroatoms. The molecule has 1 rings (SSSR count). The zero-order chi connectivity index (χ0) is 10.9. The van der Waals surface area contributed by atoms with Crippen molar-refractivity contribution in [3.63, 3.8) is 0 Å². The van der Waals surface area contributed by atoms with Crippen molar-refractivity contribution in [1.29, 1.82) is 0 Å². The molecule has 0 amide bonds. The average molecular weight is 193 g/mol. The summed E-state index contributed by atoms with van der Waals surface area (Å²) >= 11 is 0. The van der Waals surface area contributed by atoms with E-state index in [0.29, 0.717) is 5.69 Å². The van der Waals surface area contributed by atoms with Gasteiger partial charge in [0.15, 0.2) is 0 Å². The van der Waals surface area contributed by atoms with Gasteiger partial charge in [-0.25, -0.2) is 4.68 Å². The molecule has 1 aromatic rings. The second kappa shape index (κ2) is 3.14. The number of terminal acetylenes is 1. The predicted molar refractivity (Wildman–Crippen MR) is 51.8 cm³/mol. The molecule has 0 unspecified atom stereocenters. The summed E-state index contributed by atoms with van der Waals surface area (Å²) in [4.78, 5) is 10.1. The molecular weight excluding hydrogens is 182 g/mol. The second-order valence-corrected chi connectivity index (χ2v) is 3.50. The van der Waals surface area contributed by atoms with E-state index in [2.05, 4.69) is 11.0 Å². The van der Waals surface area contributed by atoms with Crippen LogP contribution in [-0.4, -0.2) is 14.7 Å². The summed E-state index contributed by atoms with van der Waals surface area (Å²) in [6.07, 6.45) is 6.65. The zero-order valence-corrected chi connectivity index (χ0v) is 8.31. The van der Waals surface area contributed by atoms with Gasteiger partial charge >= 0.3 is 5.69 Å². The SMILES string of the molecule is C#CC(C)(C)n1cc([N+](=O)[O-])c(C)n1. The largest absolute Gasteiger partial charge is 0.309 e. The third kappa shape index (κ3) is 1.59. The van der Waals surface area contributed by atoms with Crippen molar-refractivity contribution in [3.8, 4) is 12.3 Å². The maximum Gasteiger partial charge on any atom is 0.309 e. The lowest BCUT2D eigenvalue weighted by molar-refractivity contribution is -0.385. The van der Waals surface area contributed by atoms with E-state index in [1.807, 2.05) is 0 Å². The van der Waals surface area contributed by atoms with Gasteiger partial charge in [0.25, 0.3) is 0 Å². The van der Waals surface area contributed by atoms with Crippen molar-refractivity contribution in [2.24, 2.45) is 0 Å². The summed E-state index contributed by atoms with van der Waals surface area (Å²) in [6.45, 7) is 5.12. The Labute approximate surface area is 81.9 Å². The van der Waals surface area contributed by atoms with Crippen molar-refractivity contribution in [1.82, 2.24) is 9.78 Å². The van der Waals surface area contributed by atoms with Gasteiger partial charge in [0, 0.05) is 0 Å². The van der Waals surface area contributed by atoms with Crippen LogP contribution < -0.4 is 0 Å². The van der Waals surface area contributed by atoms with Crippen LogP contribution in [0, 0.1) is 29.4 Å². The average Bonchev–Trinajstić information content (AvgIpc) is 2.48. The summed E-state index contributed by atoms with van der Waals surface area (Å²) in [6, 6.07) is 0. The first-order chi connectivity index (χ1) is 6.38. The fourth-order valence-corrected chi connectivity index (χ4v) is 0.983. The number of nitro groups is 1. The van der Waals surface area contributed by atoms with E-state index >= 15 is 0 Å². The highest BCUT2D eigenvalue weighted by Gasteiger charge is 2.23. The van der Waals surface area contributed by atoms with E-state index in [1.54, 1.807) is 20.8 Å². The lowest BCUT2D eigenvalue weighted by atomic mass is 10.1. The van der Waals surface area contributed by atoms with Gasteiger partial charge in [-0.1, -0.05) is 5.92 Å². The number of aromatic nitrogens is 2. The third-order valence-corrected chi connectivity index (χ3v) is 2.00. The molecule has 14 heavy (non-hydrogen) atoms. The maximum atomic E-state index is 10.6. The lowest BCUT2D eigenvalue weighted by Gasteiger charge is -2.17. The minimum absolute atomic E-state index is 0.00618. The molecule has 0 aliphatic carbocycles. The lowest BCUT2D eigenvalue weighted by Crippen LogP contribution is -2.24. The number of hydrogen-bond acceptors (Lipinski definition) is 3. The molecule has 0 saturated heterocycles. The number of hydrogen-bond donors (Lipinski definition) is 0. The molecule has 0 aromatic carbocycles. The molecule has 1 heterocycles. The van der Waals surface area contributed by atoms with Crippen molar-refractivity contribution < 1.29 is 4.92 Å². The Morgan fingerprint density at radius 1 is 1.71 bits per heavy atom. The Balaban J connectivity index is 3.23. The smallest absolute Gasteiger partial charge is 0.258 e. The Morgan fingerprint density at radius 3 is 2.64 bits per heavy atom. The summed E-state index contributed by atoms with van der Waals surface area (Å²) < 4.78 is 1.43. The number of aryl methyl sites for hydroxylation is 1. The Kier molecular flexibility index (Phi) is 2.30. The number of nitrogens with zero attached hydrogens (tertiary/aromatic N) is 3. The third-order valence-electron chi connectivity index (χ3n) is 2.00. The van der Waals surface area contributed by atoms with Crippen LogP contribution in [0.25, 0.3) is 0 Å². The molecule has 5 nitrogen and oxygen atoms in total. The van der Waals surface area contributed by atoms with Gasteiger partial charge in [0.05, 0.1) is 4.92 Å². The molecule has 0 fully saturated rings. The maximum absolute atomic E-state index is 10.6. The van der Waals surface area contributed by atoms with E-state index in [9.17, 15) is 10.1 Å². The van der Waals surface area contributed by atoms with Gasteiger partial charge in [-0.2, -0.15) is 5.10 Å². The van der Waals surface area contributed by atoms with Crippen molar-refractivity contribution >= 4 is 5.69 Å². The molecule has 0 aliphatic heterocycles. The molecule has 0 spiro atoms. The summed E-state index contributed by atoms with van der Waals surface area (Å²) in [5.74, 6) is 2.51. The minimum Gasteiger partial charge on any atom is -0.258 e. The van der Waals surface area contributed by atoms with Crippen LogP contribution in [0.15, 0.2) is 6.20 Å². The zero-order valence-electron chi connectivity index (χ0n) is 8.31. The standard InChI is InChI=1S/C9H11N3O2/c1-5-9(3,4)11-6-8(12(13)14)7(2)10-11/h1,6H,2-4H3. The normalized spacial score (nSPS) is 11.0. The van der Waals surface area contributed by atoms with Crippen LogP contribution >= 0.6 is 0 Å². The van der Waals surface area contributed by atoms with Crippen molar-refractivity contribution in [2.45, 2.75) is 26.3 Å². The van der Waals surface area contributed by atoms with E-state index in [1.165, 1.54) is 10.9 Å². The van der Waals surface area contributed by atoms with E-state index in [-0.39, 0.29) is 5.69 Å². The minimum atomic E-state index is -0.640. The van der Waals surface area contributed by atoms with Crippen molar-refractivity contribution in [2.75, 3.05) is 0 Å². The summed E-state index contributed by atoms with van der Waals surface area (Å²) in [7, 11) is 0. The highest BCUT2D eigenvalue weighted by atomic mass is 16.6. The summed E-state index contributed by atoms with van der Waals surface area (Å²) in [5, 5.41) is 14.6. The molecule has 0 radical (unpaired) electrons. The molecular formula is C9H11N3O2. The van der Waals surface area contributed by atoms with Crippen LogP contribution in [0.4, 0.5) is 5.69 Å². The molecule has 0 bridgehead atoms. The van der Waals surface area contributed by atoms with Gasteiger partial charge < -0.3 is 0 Å². The van der Waals surface area contributed by atoms with Gasteiger partial charge in [0.1, 0.15) is 17.4 Å². The Hall–Kier alpha value is -1.83. The predicted octanol–water partition coefficient (Wildman–Crippen LogP) is 1.47. The van der Waals surface area contributed by atoms with Crippen LogP contribution in [0.3, 0.4) is 0 Å². The fraction of sp³-hybridized carbons (Fsp3) is 0.444. The monoisotopic (exact) mass is 193 g/mol. The van der Waals surface area contributed by atoms with E-state index in [0.717, 1.165) is 0 Å². The highest BCUT2D eigenvalue weighted by Crippen LogP contribution is 2.20. The molecule has 0 N–H and O–H groups in total. The van der Waals surface area contributed by atoms with E-state index in [4.69, 9.17) is 6.42 Å². The molecule has 74 valence electrons. The first-order valence-corrected chi connectivity index (χ1v) is 4.07. The van der Waals surface area contributed by atoms with E-state index < -0.39 is 10.5 Å². The van der Waals surface area contributed by atoms with Crippen LogP contribution in [0.2, 0.25) is 0 Å². The topological polar surface area (TPSA) is 61.0 Å². The summed E-state index contributed by atoms with van der Waals surface area (Å²) in [5.41, 5.74) is -0.273. The van der Waals surface area contributed by atoms with Crippen molar-refractivity contribution in [3.05, 3.63) is 22.0 Å². The first kappa shape index (κ1) is 10.3.